The highest BCUT2D eigenvalue weighted by atomic mass is 32.2. The number of para-hydroxylation sites is 1. The lowest BCUT2D eigenvalue weighted by atomic mass is 10.2. The van der Waals surface area contributed by atoms with Gasteiger partial charge in [0.2, 0.25) is 5.91 Å². The van der Waals surface area contributed by atoms with E-state index in [1.54, 1.807) is 31.2 Å². The fourth-order valence-corrected chi connectivity index (χ4v) is 3.47. The lowest BCUT2D eigenvalue weighted by Gasteiger charge is -2.10. The number of thioether (sulfide) groups is 1. The Morgan fingerprint density at radius 3 is 2.92 bits per heavy atom. The molecule has 0 spiro atoms. The summed E-state index contributed by atoms with van der Waals surface area (Å²) in [5, 5.41) is 3.14. The Balaban J connectivity index is 1.64. The minimum atomic E-state index is -0.485. The number of rotatable bonds is 6. The van der Waals surface area contributed by atoms with Gasteiger partial charge >= 0.3 is 5.97 Å². The van der Waals surface area contributed by atoms with Gasteiger partial charge in [-0.1, -0.05) is 23.9 Å². The predicted octanol–water partition coefficient (Wildman–Crippen LogP) is 2.17. The summed E-state index contributed by atoms with van der Waals surface area (Å²) in [5.74, 6) is -0.714. The van der Waals surface area contributed by atoms with E-state index in [9.17, 15) is 14.4 Å². The van der Waals surface area contributed by atoms with Gasteiger partial charge in [-0.25, -0.2) is 9.78 Å². The summed E-state index contributed by atoms with van der Waals surface area (Å²) in [6.45, 7) is 1.98. The molecule has 0 saturated carbocycles. The van der Waals surface area contributed by atoms with Crippen molar-refractivity contribution >= 4 is 29.3 Å². The van der Waals surface area contributed by atoms with Gasteiger partial charge < -0.3 is 15.0 Å². The number of benzene rings is 1. The number of hydrogen-bond acceptors (Lipinski definition) is 6. The van der Waals surface area contributed by atoms with Crippen molar-refractivity contribution in [1.82, 2.24) is 9.97 Å². The largest absolute Gasteiger partial charge is 0.462 e. The number of carbonyl (C=O) groups is 2. The number of ether oxygens (including phenoxy) is 1. The molecular weight excluding hydrogens is 354 g/mol. The minimum Gasteiger partial charge on any atom is -0.462 e. The number of nitrogens with zero attached hydrogens (tertiary/aromatic N) is 1. The molecule has 1 heterocycles. The molecule has 26 heavy (non-hydrogen) atoms. The van der Waals surface area contributed by atoms with Gasteiger partial charge in [0.1, 0.15) is 0 Å². The van der Waals surface area contributed by atoms with E-state index in [-0.39, 0.29) is 23.8 Å². The molecule has 0 aliphatic heterocycles. The van der Waals surface area contributed by atoms with Gasteiger partial charge in [0, 0.05) is 5.56 Å². The lowest BCUT2D eigenvalue weighted by molar-refractivity contribution is -0.113. The standard InChI is InChI=1S/C18H19N3O4S/c1-2-25-17(24)12-6-3-4-8-14(12)19-15(22)10-26-18-20-13-9-5-7-11(13)16(23)21-18/h3-4,6,8H,2,5,7,9-10H2,1H3,(H,19,22)(H,20,21,23). The molecule has 136 valence electrons. The number of nitrogens with one attached hydrogen (secondary N) is 2. The Morgan fingerprint density at radius 1 is 1.31 bits per heavy atom. The van der Waals surface area contributed by atoms with Crippen LogP contribution < -0.4 is 10.9 Å². The maximum Gasteiger partial charge on any atom is 0.340 e. The summed E-state index contributed by atoms with van der Waals surface area (Å²) >= 11 is 1.16. The first-order valence-electron chi connectivity index (χ1n) is 8.39. The van der Waals surface area contributed by atoms with E-state index in [0.29, 0.717) is 16.4 Å². The second-order valence-electron chi connectivity index (χ2n) is 5.75. The van der Waals surface area contributed by atoms with Gasteiger partial charge in [0.15, 0.2) is 5.16 Å². The van der Waals surface area contributed by atoms with Crippen molar-refractivity contribution in [3.8, 4) is 0 Å². The van der Waals surface area contributed by atoms with E-state index in [2.05, 4.69) is 15.3 Å². The van der Waals surface area contributed by atoms with E-state index in [4.69, 9.17) is 4.74 Å². The third-order valence-corrected chi connectivity index (χ3v) is 4.83. The molecule has 8 heteroatoms. The number of H-pyrrole nitrogens is 1. The zero-order valence-electron chi connectivity index (χ0n) is 14.3. The molecular formula is C18H19N3O4S. The third kappa shape index (κ3) is 4.13. The van der Waals surface area contributed by atoms with Crippen LogP contribution in [0.4, 0.5) is 5.69 Å². The van der Waals surface area contributed by atoms with Crippen LogP contribution in [0.15, 0.2) is 34.2 Å². The highest BCUT2D eigenvalue weighted by Crippen LogP contribution is 2.20. The topological polar surface area (TPSA) is 101 Å². The molecule has 3 rings (SSSR count). The number of hydrogen-bond donors (Lipinski definition) is 2. The van der Waals surface area contributed by atoms with Crippen LogP contribution in [0.3, 0.4) is 0 Å². The Kier molecular flexibility index (Phi) is 5.72. The van der Waals surface area contributed by atoms with Crippen LogP contribution in [0.1, 0.15) is 35.0 Å². The summed E-state index contributed by atoms with van der Waals surface area (Å²) in [7, 11) is 0. The molecule has 0 fully saturated rings. The molecule has 2 aromatic rings. The molecule has 1 amide bonds. The smallest absolute Gasteiger partial charge is 0.340 e. The van der Waals surface area contributed by atoms with Crippen LogP contribution in [-0.2, 0) is 22.4 Å². The summed E-state index contributed by atoms with van der Waals surface area (Å²) in [6.07, 6.45) is 2.49. The van der Waals surface area contributed by atoms with Crippen LogP contribution in [0.5, 0.6) is 0 Å². The Hall–Kier alpha value is -2.61. The van der Waals surface area contributed by atoms with Gasteiger partial charge in [0.25, 0.3) is 5.56 Å². The SMILES string of the molecule is CCOC(=O)c1ccccc1NC(=O)CSc1nc2c(c(=O)[nH]1)CCC2. The summed E-state index contributed by atoms with van der Waals surface area (Å²) in [4.78, 5) is 43.3. The third-order valence-electron chi connectivity index (χ3n) is 3.96. The summed E-state index contributed by atoms with van der Waals surface area (Å²) in [6, 6.07) is 6.67. The average Bonchev–Trinajstić information content (AvgIpc) is 3.10. The number of esters is 1. The number of fused-ring (bicyclic) bond motifs is 1. The van der Waals surface area contributed by atoms with E-state index in [0.717, 1.165) is 42.3 Å². The quantitative estimate of drug-likeness (QED) is 0.457. The van der Waals surface area contributed by atoms with Crippen molar-refractivity contribution in [3.05, 3.63) is 51.4 Å². The van der Waals surface area contributed by atoms with Gasteiger partial charge in [-0.2, -0.15) is 0 Å². The molecule has 0 unspecified atom stereocenters. The van der Waals surface area contributed by atoms with Gasteiger partial charge in [-0.15, -0.1) is 0 Å². The number of aromatic amines is 1. The summed E-state index contributed by atoms with van der Waals surface area (Å²) < 4.78 is 4.99. The molecule has 7 nitrogen and oxygen atoms in total. The second kappa shape index (κ2) is 8.18. The van der Waals surface area contributed by atoms with E-state index in [1.165, 1.54) is 0 Å². The number of carbonyl (C=O) groups excluding carboxylic acids is 2. The maximum atomic E-state index is 12.2. The highest BCUT2D eigenvalue weighted by Gasteiger charge is 2.18. The van der Waals surface area contributed by atoms with Crippen LogP contribution >= 0.6 is 11.8 Å². The molecule has 0 atom stereocenters. The zero-order valence-corrected chi connectivity index (χ0v) is 15.1. The first-order chi connectivity index (χ1) is 12.6. The molecule has 1 aromatic heterocycles. The lowest BCUT2D eigenvalue weighted by Crippen LogP contribution is -2.19. The van der Waals surface area contributed by atoms with E-state index >= 15 is 0 Å². The Morgan fingerprint density at radius 2 is 2.12 bits per heavy atom. The van der Waals surface area contributed by atoms with Crippen molar-refractivity contribution in [2.45, 2.75) is 31.3 Å². The first kappa shape index (κ1) is 18.2. The predicted molar refractivity (Wildman–Crippen MR) is 98.6 cm³/mol. The van der Waals surface area contributed by atoms with E-state index in [1.807, 2.05) is 0 Å². The minimum absolute atomic E-state index is 0.0683. The monoisotopic (exact) mass is 373 g/mol. The Bertz CT molecular complexity index is 894. The average molecular weight is 373 g/mol. The fraction of sp³-hybridized carbons (Fsp3) is 0.333. The van der Waals surface area contributed by atoms with Gasteiger partial charge in [-0.3, -0.25) is 9.59 Å². The molecule has 0 radical (unpaired) electrons. The number of anilines is 1. The van der Waals surface area contributed by atoms with Crippen LogP contribution in [0, 0.1) is 0 Å². The molecule has 2 N–H and O–H groups in total. The van der Waals surface area contributed by atoms with Crippen molar-refractivity contribution in [2.75, 3.05) is 17.7 Å². The zero-order chi connectivity index (χ0) is 18.5. The second-order valence-corrected chi connectivity index (χ2v) is 6.72. The van der Waals surface area contributed by atoms with Crippen molar-refractivity contribution in [2.24, 2.45) is 0 Å². The first-order valence-corrected chi connectivity index (χ1v) is 9.38. The van der Waals surface area contributed by atoms with Crippen molar-refractivity contribution < 1.29 is 14.3 Å². The normalized spacial score (nSPS) is 12.5. The number of amides is 1. The number of aromatic nitrogens is 2. The Labute approximate surface area is 154 Å². The van der Waals surface area contributed by atoms with Crippen molar-refractivity contribution in [3.63, 3.8) is 0 Å². The van der Waals surface area contributed by atoms with Crippen LogP contribution in [0.2, 0.25) is 0 Å². The van der Waals surface area contributed by atoms with Gasteiger partial charge in [0.05, 0.1) is 29.3 Å². The summed E-state index contributed by atoms with van der Waals surface area (Å²) in [5.41, 5.74) is 2.15. The van der Waals surface area contributed by atoms with Gasteiger partial charge in [-0.05, 0) is 38.3 Å². The molecule has 0 saturated heterocycles. The maximum absolute atomic E-state index is 12.2. The van der Waals surface area contributed by atoms with Crippen LogP contribution in [-0.4, -0.2) is 34.2 Å². The fourth-order valence-electron chi connectivity index (χ4n) is 2.79. The van der Waals surface area contributed by atoms with Crippen molar-refractivity contribution in [1.29, 1.82) is 0 Å². The highest BCUT2D eigenvalue weighted by molar-refractivity contribution is 7.99. The van der Waals surface area contributed by atoms with Crippen LogP contribution in [0.25, 0.3) is 0 Å². The van der Waals surface area contributed by atoms with E-state index < -0.39 is 5.97 Å². The molecule has 0 bridgehead atoms. The number of aryl methyl sites for hydroxylation is 1. The molecule has 1 aromatic carbocycles. The molecule has 1 aliphatic carbocycles. The molecule has 1 aliphatic rings.